The van der Waals surface area contributed by atoms with Gasteiger partial charge in [-0.3, -0.25) is 9.69 Å². The Labute approximate surface area is 149 Å². The number of rotatable bonds is 6. The molecule has 1 amide bonds. The number of benzene rings is 1. The Morgan fingerprint density at radius 1 is 1.32 bits per heavy atom. The largest absolute Gasteiger partial charge is 0.379 e. The van der Waals surface area contributed by atoms with Gasteiger partial charge in [-0.15, -0.1) is 0 Å². The molecule has 2 aromatic rings. The summed E-state index contributed by atoms with van der Waals surface area (Å²) in [7, 11) is 0. The number of nitrogens with zero attached hydrogens (tertiary/aromatic N) is 1. The summed E-state index contributed by atoms with van der Waals surface area (Å²) in [6.45, 7) is 10.6. The first-order valence-electron chi connectivity index (χ1n) is 9.24. The number of aromatic amines is 1. The average Bonchev–Trinajstić information content (AvgIpc) is 2.90. The summed E-state index contributed by atoms with van der Waals surface area (Å²) in [5.41, 5.74) is 4.51. The van der Waals surface area contributed by atoms with E-state index in [4.69, 9.17) is 4.74 Å². The normalized spacial score (nSPS) is 16.9. The van der Waals surface area contributed by atoms with E-state index in [2.05, 4.69) is 47.2 Å². The maximum Gasteiger partial charge on any atom is 0.224 e. The van der Waals surface area contributed by atoms with Gasteiger partial charge in [-0.05, 0) is 38.0 Å². The number of nitrogens with one attached hydrogen (secondary N) is 2. The third-order valence-corrected chi connectivity index (χ3v) is 5.05. The number of fused-ring (bicyclic) bond motifs is 1. The fourth-order valence-corrected chi connectivity index (χ4v) is 3.54. The van der Waals surface area contributed by atoms with Gasteiger partial charge in [-0.25, -0.2) is 0 Å². The molecule has 0 radical (unpaired) electrons. The van der Waals surface area contributed by atoms with Crippen LogP contribution < -0.4 is 5.32 Å². The molecule has 0 bridgehead atoms. The summed E-state index contributed by atoms with van der Waals surface area (Å²) in [5.74, 6) is 0.102. The lowest BCUT2D eigenvalue weighted by atomic mass is 10.0. The van der Waals surface area contributed by atoms with E-state index in [0.717, 1.165) is 61.4 Å². The van der Waals surface area contributed by atoms with Gasteiger partial charge >= 0.3 is 0 Å². The molecule has 1 unspecified atom stereocenters. The standard InChI is InChI=1S/C20H29N3O2/c1-4-16(13-23-7-9-25-10-8-23)22-20(24)12-17-15(3)21-19-6-5-14(2)11-18(17)19/h5-6,11,16,21H,4,7-10,12-13H2,1-3H3,(H,22,24). The fraction of sp³-hybridized carbons (Fsp3) is 0.550. The highest BCUT2D eigenvalue weighted by Crippen LogP contribution is 2.23. The fourth-order valence-electron chi connectivity index (χ4n) is 3.54. The van der Waals surface area contributed by atoms with Gasteiger partial charge in [0.1, 0.15) is 0 Å². The number of hydrogen-bond acceptors (Lipinski definition) is 3. The third-order valence-electron chi connectivity index (χ3n) is 5.05. The molecule has 1 atom stereocenters. The molecular weight excluding hydrogens is 314 g/mol. The van der Waals surface area contributed by atoms with Crippen molar-refractivity contribution in [2.75, 3.05) is 32.8 Å². The van der Waals surface area contributed by atoms with Crippen molar-refractivity contribution in [3.05, 3.63) is 35.0 Å². The lowest BCUT2D eigenvalue weighted by Crippen LogP contribution is -2.47. The Morgan fingerprint density at radius 2 is 2.08 bits per heavy atom. The van der Waals surface area contributed by atoms with Crippen molar-refractivity contribution >= 4 is 16.8 Å². The second-order valence-electron chi connectivity index (χ2n) is 7.04. The van der Waals surface area contributed by atoms with Crippen LogP contribution in [0.25, 0.3) is 10.9 Å². The van der Waals surface area contributed by atoms with Gasteiger partial charge in [-0.2, -0.15) is 0 Å². The Kier molecular flexibility index (Phi) is 5.76. The first kappa shape index (κ1) is 18.0. The molecule has 2 N–H and O–H groups in total. The molecule has 1 aromatic heterocycles. The number of amides is 1. The molecule has 3 rings (SSSR count). The van der Waals surface area contributed by atoms with Crippen LogP contribution in [0.15, 0.2) is 18.2 Å². The number of aromatic nitrogens is 1. The van der Waals surface area contributed by atoms with Crippen molar-refractivity contribution in [2.24, 2.45) is 0 Å². The average molecular weight is 343 g/mol. The number of H-pyrrole nitrogens is 1. The first-order chi connectivity index (χ1) is 12.1. The van der Waals surface area contributed by atoms with Crippen LogP contribution in [-0.4, -0.2) is 54.7 Å². The van der Waals surface area contributed by atoms with E-state index in [1.54, 1.807) is 0 Å². The van der Waals surface area contributed by atoms with Crippen molar-refractivity contribution in [1.29, 1.82) is 0 Å². The number of carbonyl (C=O) groups is 1. The minimum absolute atomic E-state index is 0.102. The molecular formula is C20H29N3O2. The Hall–Kier alpha value is -1.85. The van der Waals surface area contributed by atoms with Crippen molar-refractivity contribution in [2.45, 2.75) is 39.7 Å². The van der Waals surface area contributed by atoms with Crippen molar-refractivity contribution in [1.82, 2.24) is 15.2 Å². The van der Waals surface area contributed by atoms with Crippen LogP contribution in [0.5, 0.6) is 0 Å². The van der Waals surface area contributed by atoms with Crippen molar-refractivity contribution < 1.29 is 9.53 Å². The zero-order valence-corrected chi connectivity index (χ0v) is 15.5. The molecule has 5 nitrogen and oxygen atoms in total. The highest BCUT2D eigenvalue weighted by molar-refractivity contribution is 5.90. The predicted molar refractivity (Wildman–Crippen MR) is 101 cm³/mol. The molecule has 1 aliphatic rings. The monoisotopic (exact) mass is 343 g/mol. The van der Waals surface area contributed by atoms with E-state index in [1.165, 1.54) is 5.56 Å². The topological polar surface area (TPSA) is 57.4 Å². The van der Waals surface area contributed by atoms with Crippen LogP contribution in [0, 0.1) is 13.8 Å². The second kappa shape index (κ2) is 8.02. The predicted octanol–water partition coefficient (Wildman–Crippen LogP) is 2.55. The summed E-state index contributed by atoms with van der Waals surface area (Å²) < 4.78 is 5.40. The highest BCUT2D eigenvalue weighted by atomic mass is 16.5. The van der Waals surface area contributed by atoms with Crippen LogP contribution in [0.4, 0.5) is 0 Å². The summed E-state index contributed by atoms with van der Waals surface area (Å²) in [6, 6.07) is 6.54. The van der Waals surface area contributed by atoms with Crippen LogP contribution in [-0.2, 0) is 16.0 Å². The molecule has 1 saturated heterocycles. The maximum absolute atomic E-state index is 12.6. The first-order valence-corrected chi connectivity index (χ1v) is 9.24. The van der Waals surface area contributed by atoms with Crippen molar-refractivity contribution in [3.8, 4) is 0 Å². The maximum atomic E-state index is 12.6. The number of carbonyl (C=O) groups excluding carboxylic acids is 1. The van der Waals surface area contributed by atoms with E-state index in [1.807, 2.05) is 6.92 Å². The zero-order chi connectivity index (χ0) is 17.8. The Bertz CT molecular complexity index is 732. The molecule has 1 aromatic carbocycles. The minimum Gasteiger partial charge on any atom is -0.379 e. The number of ether oxygens (including phenoxy) is 1. The van der Waals surface area contributed by atoms with E-state index in [9.17, 15) is 4.79 Å². The minimum atomic E-state index is 0.102. The highest BCUT2D eigenvalue weighted by Gasteiger charge is 2.19. The number of aryl methyl sites for hydroxylation is 2. The summed E-state index contributed by atoms with van der Waals surface area (Å²) in [5, 5.41) is 4.38. The van der Waals surface area contributed by atoms with Crippen LogP contribution >= 0.6 is 0 Å². The quantitative estimate of drug-likeness (QED) is 0.847. The van der Waals surface area contributed by atoms with E-state index >= 15 is 0 Å². The van der Waals surface area contributed by atoms with Gasteiger partial charge in [0.2, 0.25) is 5.91 Å². The van der Waals surface area contributed by atoms with Gasteiger partial charge in [-0.1, -0.05) is 18.6 Å². The molecule has 1 aliphatic heterocycles. The lowest BCUT2D eigenvalue weighted by Gasteiger charge is -2.30. The SMILES string of the molecule is CCC(CN1CCOCC1)NC(=O)Cc1c(C)[nH]c2ccc(C)cc12. The van der Waals surface area contributed by atoms with Gasteiger partial charge in [0.25, 0.3) is 0 Å². The Morgan fingerprint density at radius 3 is 2.80 bits per heavy atom. The zero-order valence-electron chi connectivity index (χ0n) is 15.5. The van der Waals surface area contributed by atoms with E-state index < -0.39 is 0 Å². The molecule has 2 heterocycles. The number of hydrogen-bond donors (Lipinski definition) is 2. The molecule has 5 heteroatoms. The van der Waals surface area contributed by atoms with Crippen LogP contribution in [0.3, 0.4) is 0 Å². The molecule has 0 aliphatic carbocycles. The van der Waals surface area contributed by atoms with Crippen molar-refractivity contribution in [3.63, 3.8) is 0 Å². The lowest BCUT2D eigenvalue weighted by molar-refractivity contribution is -0.121. The smallest absolute Gasteiger partial charge is 0.224 e. The Balaban J connectivity index is 1.65. The van der Waals surface area contributed by atoms with Gasteiger partial charge in [0.05, 0.1) is 19.6 Å². The summed E-state index contributed by atoms with van der Waals surface area (Å²) in [6.07, 6.45) is 1.37. The summed E-state index contributed by atoms with van der Waals surface area (Å²) in [4.78, 5) is 18.4. The molecule has 1 fully saturated rings. The second-order valence-corrected chi connectivity index (χ2v) is 7.04. The molecule has 25 heavy (non-hydrogen) atoms. The van der Waals surface area contributed by atoms with Gasteiger partial charge in [0.15, 0.2) is 0 Å². The molecule has 0 spiro atoms. The summed E-state index contributed by atoms with van der Waals surface area (Å²) >= 11 is 0. The molecule has 136 valence electrons. The van der Waals surface area contributed by atoms with Crippen LogP contribution in [0.2, 0.25) is 0 Å². The van der Waals surface area contributed by atoms with Crippen LogP contribution in [0.1, 0.15) is 30.2 Å². The van der Waals surface area contributed by atoms with E-state index in [0.29, 0.717) is 6.42 Å². The van der Waals surface area contributed by atoms with E-state index in [-0.39, 0.29) is 11.9 Å². The third kappa shape index (κ3) is 4.41. The molecule has 0 saturated carbocycles. The van der Waals surface area contributed by atoms with Gasteiger partial charge < -0.3 is 15.0 Å². The number of morpholine rings is 1. The van der Waals surface area contributed by atoms with Gasteiger partial charge in [0, 0.05) is 42.3 Å².